The van der Waals surface area contributed by atoms with Gasteiger partial charge in [0, 0.05) is 74.9 Å². The molecule has 2 saturated carbocycles. The van der Waals surface area contributed by atoms with Crippen LogP contribution in [0.15, 0.2) is 48.5 Å². The maximum atomic E-state index is 14.3. The van der Waals surface area contributed by atoms with Crippen LogP contribution in [-0.4, -0.2) is 138 Å². The number of ether oxygens (including phenoxy) is 2. The minimum absolute atomic E-state index is 0.0548. The number of aromatic nitrogens is 4. The summed E-state index contributed by atoms with van der Waals surface area (Å²) in [5.74, 6) is 7.70. The van der Waals surface area contributed by atoms with Gasteiger partial charge in [-0.25, -0.2) is 19.6 Å². The summed E-state index contributed by atoms with van der Waals surface area (Å²) in [4.78, 5) is 75.1. The third-order valence-corrected chi connectivity index (χ3v) is 15.3. The minimum Gasteiger partial charge on any atom is -0.465 e. The second-order valence-corrected chi connectivity index (χ2v) is 19.4. The van der Waals surface area contributed by atoms with Crippen LogP contribution in [0.1, 0.15) is 86.2 Å². The van der Waals surface area contributed by atoms with Gasteiger partial charge in [0.1, 0.15) is 23.7 Å². The molecular weight excluding hydrogens is 887 g/mol. The van der Waals surface area contributed by atoms with Crippen molar-refractivity contribution in [2.24, 2.45) is 23.7 Å². The number of carboxylic acid groups (broad SMARTS) is 2. The number of rotatable bonds is 10. The molecule has 6 heterocycles. The van der Waals surface area contributed by atoms with Gasteiger partial charge in [-0.1, -0.05) is 59.3 Å². The number of likely N-dealkylation sites (tertiary alicyclic amines) is 2. The second kappa shape index (κ2) is 17.9. The molecule has 10 rings (SSSR count). The number of nitrogens with one attached hydrogen (secondary N) is 2. The number of nitrogens with zero attached hydrogens (tertiary/aromatic N) is 6. The van der Waals surface area contributed by atoms with E-state index in [2.05, 4.69) is 21.8 Å². The number of H-pyrrole nitrogens is 2. The lowest BCUT2D eigenvalue weighted by atomic mass is 9.89. The molecule has 16 nitrogen and oxygen atoms in total. The molecule has 4 N–H and O–H groups in total. The van der Waals surface area contributed by atoms with Crippen molar-refractivity contribution in [2.45, 2.75) is 87.6 Å². The lowest BCUT2D eigenvalue weighted by Gasteiger charge is -2.38. The molecule has 2 aromatic carbocycles. The molecule has 2 aromatic heterocycles. The summed E-state index contributed by atoms with van der Waals surface area (Å²) in [5, 5.41) is 20.4. The lowest BCUT2D eigenvalue weighted by Crippen LogP contribution is -2.54. The van der Waals surface area contributed by atoms with Gasteiger partial charge in [0.2, 0.25) is 11.8 Å². The number of hydrogen-bond acceptors (Lipinski definition) is 8. The number of imidazole rings is 2. The Kier molecular flexibility index (Phi) is 12.0. The smallest absolute Gasteiger partial charge is 0.407 e. The fourth-order valence-electron chi connectivity index (χ4n) is 11.0. The molecule has 0 unspecified atom stereocenters. The fourth-order valence-corrected chi connectivity index (χ4v) is 11.5. The van der Waals surface area contributed by atoms with Gasteiger partial charge in [0.05, 0.1) is 23.5 Å². The van der Waals surface area contributed by atoms with E-state index in [4.69, 9.17) is 42.6 Å². The Labute approximate surface area is 391 Å². The normalized spacial score (nSPS) is 25.6. The molecule has 6 fully saturated rings. The minimum atomic E-state index is -1.13. The highest BCUT2D eigenvalue weighted by Gasteiger charge is 2.58. The number of carbonyl (C=O) groups is 4. The quantitative estimate of drug-likeness (QED) is 0.117. The van der Waals surface area contributed by atoms with Gasteiger partial charge >= 0.3 is 12.2 Å². The largest absolute Gasteiger partial charge is 0.465 e. The topological polar surface area (TPSA) is 198 Å². The number of piperidine rings is 2. The zero-order valence-corrected chi connectivity index (χ0v) is 38.2. The first kappa shape index (κ1) is 44.2. The number of benzene rings is 2. The second-order valence-electron chi connectivity index (χ2n) is 18.7. The van der Waals surface area contributed by atoms with E-state index in [0.29, 0.717) is 97.3 Å². The predicted octanol–water partition coefficient (Wildman–Crippen LogP) is 7.31. The van der Waals surface area contributed by atoms with Gasteiger partial charge < -0.3 is 39.5 Å². The fraction of sp³-hybridized carbons (Fsp3) is 0.500. The maximum absolute atomic E-state index is 14.3. The molecule has 8 atom stereocenters. The molecule has 0 bridgehead atoms. The molecule has 66 heavy (non-hydrogen) atoms. The van der Waals surface area contributed by atoms with Crippen LogP contribution in [0.5, 0.6) is 0 Å². The number of likely N-dealkylation sites (N-methyl/N-ethyl adjacent to an activating group) is 2. The molecule has 4 saturated heterocycles. The average Bonchev–Trinajstić information content (AvgIpc) is 4.03. The van der Waals surface area contributed by atoms with Crippen molar-refractivity contribution >= 4 is 47.2 Å². The number of carbonyl (C=O) groups excluding carboxylic acids is 2. The van der Waals surface area contributed by atoms with E-state index >= 15 is 0 Å². The van der Waals surface area contributed by atoms with Crippen molar-refractivity contribution in [1.29, 1.82) is 0 Å². The first-order valence-electron chi connectivity index (χ1n) is 22.8. The van der Waals surface area contributed by atoms with Crippen LogP contribution >= 0.6 is 23.2 Å². The molecule has 0 radical (unpaired) electrons. The summed E-state index contributed by atoms with van der Waals surface area (Å²) in [6.45, 7) is 2.00. The third-order valence-electron chi connectivity index (χ3n) is 14.8. The van der Waals surface area contributed by atoms with Gasteiger partial charge in [-0.05, 0) is 99.3 Å². The van der Waals surface area contributed by atoms with E-state index in [9.17, 15) is 29.4 Å². The summed E-state index contributed by atoms with van der Waals surface area (Å²) in [7, 11) is 2.96. The molecule has 6 aliphatic rings. The Morgan fingerprint density at radius 2 is 1.00 bits per heavy atom. The van der Waals surface area contributed by atoms with Crippen LogP contribution in [0.4, 0.5) is 9.59 Å². The lowest BCUT2D eigenvalue weighted by molar-refractivity contribution is -0.142. The molecule has 4 aliphatic heterocycles. The first-order valence-corrected chi connectivity index (χ1v) is 23.6. The Morgan fingerprint density at radius 3 is 1.35 bits per heavy atom. The number of fused-ring (bicyclic) bond motifs is 2. The number of hydrogen-bond donors (Lipinski definition) is 4. The summed E-state index contributed by atoms with van der Waals surface area (Å²) < 4.78 is 11.1. The van der Waals surface area contributed by atoms with Gasteiger partial charge in [-0.15, -0.1) is 0 Å². The van der Waals surface area contributed by atoms with Crippen molar-refractivity contribution < 1.29 is 38.9 Å². The van der Waals surface area contributed by atoms with Gasteiger partial charge in [-0.2, -0.15) is 0 Å². The molecule has 4 amide bonds. The summed E-state index contributed by atoms with van der Waals surface area (Å²) >= 11 is 13.5. The van der Waals surface area contributed by atoms with Gasteiger partial charge in [0.25, 0.3) is 0 Å². The van der Waals surface area contributed by atoms with Crippen LogP contribution in [-0.2, 0) is 19.1 Å². The van der Waals surface area contributed by atoms with Crippen LogP contribution < -0.4 is 0 Å². The Hall–Kier alpha value is -5.60. The molecule has 18 heteroatoms. The van der Waals surface area contributed by atoms with E-state index in [1.165, 1.54) is 14.1 Å². The third kappa shape index (κ3) is 8.39. The van der Waals surface area contributed by atoms with Crippen LogP contribution in [0.25, 0.3) is 22.5 Å². The van der Waals surface area contributed by atoms with E-state index in [-0.39, 0.29) is 47.8 Å². The summed E-state index contributed by atoms with van der Waals surface area (Å²) in [5.41, 5.74) is 4.46. The number of aromatic amines is 2. The zero-order chi connectivity index (χ0) is 46.0. The number of amides is 4. The van der Waals surface area contributed by atoms with Crippen LogP contribution in [0.2, 0.25) is 10.3 Å². The van der Waals surface area contributed by atoms with Gasteiger partial charge in [0.15, 0.2) is 10.3 Å². The van der Waals surface area contributed by atoms with E-state index in [0.717, 1.165) is 57.7 Å². The summed E-state index contributed by atoms with van der Waals surface area (Å²) in [6.07, 6.45) is 3.48. The van der Waals surface area contributed by atoms with Crippen LogP contribution in [0, 0.1) is 35.5 Å². The molecule has 346 valence electrons. The molecule has 0 spiro atoms. The Morgan fingerprint density at radius 1 is 0.636 bits per heavy atom. The highest BCUT2D eigenvalue weighted by Crippen LogP contribution is 2.55. The predicted molar refractivity (Wildman–Crippen MR) is 242 cm³/mol. The molecule has 2 aliphatic carbocycles. The Bertz CT molecular complexity index is 2410. The molecule has 4 aromatic rings. The highest BCUT2D eigenvalue weighted by atomic mass is 35.5. The van der Waals surface area contributed by atoms with Crippen molar-refractivity contribution in [2.75, 3.05) is 40.5 Å². The standard InChI is InChI=1S/C48H52Cl2N8O8/c1-55(47(61)62)39(29-13-17-65-18-14-29)45(59)57-33-21-31(33)23-35(57)43-51-37(41(49)53-43)27-9-5-25(6-10-27)3-4-26-7-11-28(12-8-26)38-42(50)54-44(52-38)36-24-32-22-34(32)58(36)46(60)40(56(2)48(63)64)30-15-19-66-20-16-30/h5-12,29-36,39-40H,13-24H2,1-2H3,(H,51,53)(H,52,54)(H,61,62)(H,63,64)/t31-,32-,33-,34-,35+,36+,39+,40+/m1/s1. The maximum Gasteiger partial charge on any atom is 0.407 e. The number of halogens is 2. The van der Waals surface area contributed by atoms with Gasteiger partial charge in [-0.3, -0.25) is 19.4 Å². The Balaban J connectivity index is 0.810. The SMILES string of the molecule is CN(C(=O)O)[C@H](C(=O)N1[C@@H]2C[C@@H]2C[C@H]1c1nc(Cl)c(-c2ccc(C#Cc3ccc(-c4[nH]c([C@@H]5C[C@H]6C[C@H]6N5C(=O)[C@H](C5CCOCC5)N(C)C(=O)O)nc4Cl)cc3)cc2)[nH]1)C1CCOCC1. The summed E-state index contributed by atoms with van der Waals surface area (Å²) in [6, 6.07) is 13.1. The van der Waals surface area contributed by atoms with E-state index in [1.54, 1.807) is 0 Å². The monoisotopic (exact) mass is 938 g/mol. The van der Waals surface area contributed by atoms with Crippen LogP contribution in [0.3, 0.4) is 0 Å². The van der Waals surface area contributed by atoms with E-state index < -0.39 is 24.3 Å². The molecular formula is C48H52Cl2N8O8. The van der Waals surface area contributed by atoms with E-state index in [1.807, 2.05) is 58.3 Å². The van der Waals surface area contributed by atoms with Crippen molar-refractivity contribution in [3.05, 3.63) is 81.6 Å². The average molecular weight is 940 g/mol. The zero-order valence-electron chi connectivity index (χ0n) is 36.7. The first-order chi connectivity index (χ1) is 31.9. The van der Waals surface area contributed by atoms with Crippen molar-refractivity contribution in [3.8, 4) is 34.4 Å². The highest BCUT2D eigenvalue weighted by molar-refractivity contribution is 6.32. The van der Waals surface area contributed by atoms with Crippen molar-refractivity contribution in [1.82, 2.24) is 39.5 Å². The van der Waals surface area contributed by atoms with Crippen molar-refractivity contribution in [3.63, 3.8) is 0 Å².